The van der Waals surface area contributed by atoms with Crippen molar-refractivity contribution in [1.82, 2.24) is 19.4 Å². The first-order chi connectivity index (χ1) is 13.7. The molecule has 2 heterocycles. The summed E-state index contributed by atoms with van der Waals surface area (Å²) in [6, 6.07) is 6.37. The zero-order chi connectivity index (χ0) is 19.9. The summed E-state index contributed by atoms with van der Waals surface area (Å²) in [4.78, 5) is 12.3. The summed E-state index contributed by atoms with van der Waals surface area (Å²) in [5.74, 6) is 2.04. The van der Waals surface area contributed by atoms with Crippen molar-refractivity contribution >= 4 is 54.2 Å². The van der Waals surface area contributed by atoms with Crippen LogP contribution >= 0.6 is 37.2 Å². The number of imidazole rings is 1. The van der Waals surface area contributed by atoms with Crippen LogP contribution in [-0.4, -0.2) is 78.3 Å². The molecule has 0 saturated carbocycles. The van der Waals surface area contributed by atoms with Crippen LogP contribution < -0.4 is 9.64 Å². The Morgan fingerprint density at radius 3 is 2.19 bits per heavy atom. The summed E-state index contributed by atoms with van der Waals surface area (Å²) in [6.45, 7) is 19.2. The van der Waals surface area contributed by atoms with Crippen LogP contribution in [0.3, 0.4) is 0 Å². The predicted molar refractivity (Wildman–Crippen MR) is 139 cm³/mol. The Balaban J connectivity index is 0.00000300. The van der Waals surface area contributed by atoms with Crippen molar-refractivity contribution in [2.45, 2.75) is 40.7 Å². The molecule has 180 valence electrons. The maximum Gasteiger partial charge on any atom is 0.206 e. The molecule has 6 nitrogen and oxygen atoms in total. The predicted octanol–water partition coefficient (Wildman–Crippen LogP) is 4.57. The Labute approximate surface area is 206 Å². The standard InChI is InChI=1S/C22H37N5O.3ClH/c1-5-24(6-2)14-15-26-12-9-13-27-21-11-10-19(18-20(21)23-22(26)27)28-17-16-25(7-3)8-4;;;/h10-11,18H,5-9,12-17H2,1-4H3;3*1H. The minimum absolute atomic E-state index is 0. The fourth-order valence-electron chi connectivity index (χ4n) is 4.01. The zero-order valence-electron chi connectivity index (χ0n) is 19.4. The van der Waals surface area contributed by atoms with Gasteiger partial charge in [0.2, 0.25) is 5.95 Å². The van der Waals surface area contributed by atoms with Crippen molar-refractivity contribution in [1.29, 1.82) is 0 Å². The van der Waals surface area contributed by atoms with Gasteiger partial charge in [-0.15, -0.1) is 37.2 Å². The summed E-state index contributed by atoms with van der Waals surface area (Å²) in [5, 5.41) is 0. The number of likely N-dealkylation sites (N-methyl/N-ethyl adjacent to an activating group) is 2. The fraction of sp³-hybridized carbons (Fsp3) is 0.682. The second-order valence-corrected chi connectivity index (χ2v) is 7.46. The van der Waals surface area contributed by atoms with E-state index < -0.39 is 0 Å². The molecule has 1 aliphatic heterocycles. The molecule has 0 N–H and O–H groups in total. The lowest BCUT2D eigenvalue weighted by Crippen LogP contribution is -2.39. The van der Waals surface area contributed by atoms with E-state index in [1.165, 1.54) is 11.9 Å². The van der Waals surface area contributed by atoms with Gasteiger partial charge in [-0.05, 0) is 44.7 Å². The highest BCUT2D eigenvalue weighted by molar-refractivity contribution is 5.86. The van der Waals surface area contributed by atoms with Crippen molar-refractivity contribution in [2.75, 3.05) is 63.9 Å². The SMILES string of the molecule is CCN(CC)CCOc1ccc2c(c1)nc1n2CCCN1CCN(CC)CC.Cl.Cl.Cl. The van der Waals surface area contributed by atoms with Gasteiger partial charge in [0.25, 0.3) is 0 Å². The quantitative estimate of drug-likeness (QED) is 0.455. The molecule has 0 unspecified atom stereocenters. The molecule has 3 rings (SSSR count). The number of benzene rings is 1. The van der Waals surface area contributed by atoms with E-state index in [-0.39, 0.29) is 37.2 Å². The Morgan fingerprint density at radius 2 is 1.55 bits per heavy atom. The van der Waals surface area contributed by atoms with Crippen LogP contribution in [0.2, 0.25) is 0 Å². The molecule has 0 amide bonds. The van der Waals surface area contributed by atoms with Gasteiger partial charge in [0, 0.05) is 38.8 Å². The number of hydrogen-bond donors (Lipinski definition) is 0. The van der Waals surface area contributed by atoms with E-state index in [0.717, 1.165) is 82.7 Å². The number of anilines is 1. The number of fused-ring (bicyclic) bond motifs is 3. The van der Waals surface area contributed by atoms with Gasteiger partial charge in [-0.3, -0.25) is 0 Å². The minimum Gasteiger partial charge on any atom is -0.492 e. The fourth-order valence-corrected chi connectivity index (χ4v) is 4.01. The van der Waals surface area contributed by atoms with E-state index in [0.29, 0.717) is 0 Å². The number of halogens is 3. The van der Waals surface area contributed by atoms with Gasteiger partial charge in [-0.2, -0.15) is 0 Å². The van der Waals surface area contributed by atoms with Crippen LogP contribution in [-0.2, 0) is 6.54 Å². The smallest absolute Gasteiger partial charge is 0.206 e. The van der Waals surface area contributed by atoms with Crippen LogP contribution in [0.1, 0.15) is 34.1 Å². The number of hydrogen-bond acceptors (Lipinski definition) is 5. The van der Waals surface area contributed by atoms with Crippen molar-refractivity contribution in [2.24, 2.45) is 0 Å². The van der Waals surface area contributed by atoms with E-state index in [2.05, 4.69) is 65.2 Å². The first-order valence-corrected chi connectivity index (χ1v) is 11.0. The summed E-state index contributed by atoms with van der Waals surface area (Å²) in [7, 11) is 0. The van der Waals surface area contributed by atoms with E-state index in [4.69, 9.17) is 9.72 Å². The molecular formula is C22H40Cl3N5O. The summed E-state index contributed by atoms with van der Waals surface area (Å²) in [6.07, 6.45) is 1.18. The van der Waals surface area contributed by atoms with Gasteiger partial charge in [-0.1, -0.05) is 27.7 Å². The monoisotopic (exact) mass is 495 g/mol. The van der Waals surface area contributed by atoms with Gasteiger partial charge in [0.15, 0.2) is 0 Å². The Kier molecular flexibility index (Phi) is 14.6. The first kappa shape index (κ1) is 30.1. The van der Waals surface area contributed by atoms with Gasteiger partial charge < -0.3 is 24.0 Å². The molecule has 1 aromatic heterocycles. The average Bonchev–Trinajstić information content (AvgIpc) is 3.10. The molecule has 31 heavy (non-hydrogen) atoms. The maximum atomic E-state index is 6.00. The lowest BCUT2D eigenvalue weighted by Gasteiger charge is -2.31. The normalized spacial score (nSPS) is 12.9. The number of ether oxygens (including phenoxy) is 1. The second-order valence-electron chi connectivity index (χ2n) is 7.46. The van der Waals surface area contributed by atoms with Crippen LogP contribution in [0.25, 0.3) is 11.0 Å². The highest BCUT2D eigenvalue weighted by Gasteiger charge is 2.21. The largest absolute Gasteiger partial charge is 0.492 e. The maximum absolute atomic E-state index is 6.00. The molecule has 0 saturated heterocycles. The van der Waals surface area contributed by atoms with Crippen molar-refractivity contribution < 1.29 is 4.74 Å². The molecule has 0 radical (unpaired) electrons. The number of aromatic nitrogens is 2. The van der Waals surface area contributed by atoms with Gasteiger partial charge in [-0.25, -0.2) is 4.98 Å². The van der Waals surface area contributed by atoms with Crippen LogP contribution in [0.15, 0.2) is 18.2 Å². The molecule has 0 spiro atoms. The van der Waals surface area contributed by atoms with Crippen molar-refractivity contribution in [3.05, 3.63) is 18.2 Å². The zero-order valence-corrected chi connectivity index (χ0v) is 21.8. The summed E-state index contributed by atoms with van der Waals surface area (Å²) >= 11 is 0. The third-order valence-corrected chi connectivity index (χ3v) is 5.94. The molecule has 1 aromatic carbocycles. The highest BCUT2D eigenvalue weighted by Crippen LogP contribution is 2.29. The summed E-state index contributed by atoms with van der Waals surface area (Å²) in [5.41, 5.74) is 2.27. The van der Waals surface area contributed by atoms with Gasteiger partial charge in [0.05, 0.1) is 11.0 Å². The van der Waals surface area contributed by atoms with E-state index in [1.54, 1.807) is 0 Å². The molecule has 0 fully saturated rings. The lowest BCUT2D eigenvalue weighted by molar-refractivity contribution is 0.223. The number of aryl methyl sites for hydroxylation is 1. The topological polar surface area (TPSA) is 36.8 Å². The molecule has 0 bridgehead atoms. The van der Waals surface area contributed by atoms with E-state index >= 15 is 0 Å². The minimum atomic E-state index is 0. The third-order valence-electron chi connectivity index (χ3n) is 5.94. The van der Waals surface area contributed by atoms with E-state index in [9.17, 15) is 0 Å². The highest BCUT2D eigenvalue weighted by atomic mass is 35.5. The molecule has 9 heteroatoms. The number of rotatable bonds is 11. The number of nitrogens with zero attached hydrogens (tertiary/aromatic N) is 5. The molecule has 0 atom stereocenters. The molecular weight excluding hydrogens is 457 g/mol. The van der Waals surface area contributed by atoms with Crippen molar-refractivity contribution in [3.63, 3.8) is 0 Å². The van der Waals surface area contributed by atoms with Crippen LogP contribution in [0.5, 0.6) is 5.75 Å². The Morgan fingerprint density at radius 1 is 0.903 bits per heavy atom. The third kappa shape index (κ3) is 7.57. The van der Waals surface area contributed by atoms with Gasteiger partial charge in [0.1, 0.15) is 12.4 Å². The summed E-state index contributed by atoms with van der Waals surface area (Å²) < 4.78 is 8.38. The Bertz CT molecular complexity index is 750. The van der Waals surface area contributed by atoms with Crippen LogP contribution in [0.4, 0.5) is 5.95 Å². The molecule has 0 aliphatic carbocycles. The first-order valence-electron chi connectivity index (χ1n) is 11.0. The van der Waals surface area contributed by atoms with Gasteiger partial charge >= 0.3 is 0 Å². The average molecular weight is 497 g/mol. The second kappa shape index (κ2) is 15.0. The molecule has 1 aliphatic rings. The van der Waals surface area contributed by atoms with Crippen LogP contribution in [0, 0.1) is 0 Å². The van der Waals surface area contributed by atoms with Crippen molar-refractivity contribution in [3.8, 4) is 5.75 Å². The van der Waals surface area contributed by atoms with E-state index in [1.807, 2.05) is 0 Å². The Hall–Kier alpha value is -0.920. The lowest BCUT2D eigenvalue weighted by atomic mass is 10.2. The molecule has 2 aromatic rings.